The zero-order chi connectivity index (χ0) is 33.9. The molecule has 0 saturated heterocycles. The van der Waals surface area contributed by atoms with E-state index in [0.29, 0.717) is 0 Å². The number of nitrogens with zero attached hydrogens (tertiary/aromatic N) is 1. The molecule has 0 aliphatic carbocycles. The van der Waals surface area contributed by atoms with E-state index in [1.165, 1.54) is 72.3 Å². The molecular formula is C49H36IrN-. The predicted octanol–water partition coefficient (Wildman–Crippen LogP) is 13.2. The van der Waals surface area contributed by atoms with Gasteiger partial charge in [0.2, 0.25) is 0 Å². The standard InChI is InChI=1S/C49H36N.Ir/c1-34-11-5-12-35(2)49(34)47-22-10-20-45(33-47)44-19-8-18-43(31-44)42-17-7-16-41(30-42)40-15-6-13-38(29-40)36-24-26-37(27-25-36)39-14-9-21-46(32-39)48-23-3-4-28-50-48;/h3-20,22-33H,1-2H3;/q-1;. The third kappa shape index (κ3) is 7.30. The number of rotatable bonds is 7. The molecule has 0 spiro atoms. The Morgan fingerprint density at radius 3 is 1.25 bits per heavy atom. The van der Waals surface area contributed by atoms with Crippen LogP contribution >= 0.6 is 0 Å². The smallest absolute Gasteiger partial charge is 0.0160 e. The Labute approximate surface area is 314 Å². The van der Waals surface area contributed by atoms with Crippen molar-refractivity contribution >= 4 is 0 Å². The summed E-state index contributed by atoms with van der Waals surface area (Å²) in [4.78, 5) is 4.50. The second kappa shape index (κ2) is 15.1. The van der Waals surface area contributed by atoms with Gasteiger partial charge >= 0.3 is 0 Å². The Balaban J connectivity index is 0.00000406. The van der Waals surface area contributed by atoms with Gasteiger partial charge in [0.15, 0.2) is 0 Å². The van der Waals surface area contributed by atoms with Gasteiger partial charge in [-0.25, -0.2) is 0 Å². The summed E-state index contributed by atoms with van der Waals surface area (Å²) < 4.78 is 0. The van der Waals surface area contributed by atoms with Gasteiger partial charge in [-0.05, 0) is 122 Å². The van der Waals surface area contributed by atoms with E-state index in [9.17, 15) is 0 Å². The maximum absolute atomic E-state index is 4.50. The van der Waals surface area contributed by atoms with Crippen molar-refractivity contribution in [3.63, 3.8) is 0 Å². The van der Waals surface area contributed by atoms with E-state index in [0.717, 1.165) is 16.8 Å². The Morgan fingerprint density at radius 1 is 0.373 bits per heavy atom. The van der Waals surface area contributed by atoms with Crippen molar-refractivity contribution in [2.24, 2.45) is 0 Å². The number of hydrogen-bond acceptors (Lipinski definition) is 1. The molecular weight excluding hydrogens is 795 g/mol. The summed E-state index contributed by atoms with van der Waals surface area (Å²) in [5, 5.41) is 0. The number of aromatic nitrogens is 1. The average Bonchev–Trinajstić information content (AvgIpc) is 3.19. The summed E-state index contributed by atoms with van der Waals surface area (Å²) in [6.07, 6.45) is 1.82. The molecule has 1 nitrogen and oxygen atoms in total. The summed E-state index contributed by atoms with van der Waals surface area (Å²) in [5.41, 5.74) is 19.1. The third-order valence-corrected chi connectivity index (χ3v) is 9.51. The van der Waals surface area contributed by atoms with Gasteiger partial charge in [-0.2, -0.15) is 0 Å². The number of benzene rings is 7. The SMILES string of the molecule is Cc1cccc(C)c1-c1cccc(-c2cccc(-c3cccc(-c4cccc(-c5ccc(-c6cc[c-]c(-c7ccccn7)c6)cc5)c4)c3)c2)c1.[Ir]. The largest absolute Gasteiger partial charge is 0.305 e. The summed E-state index contributed by atoms with van der Waals surface area (Å²) in [6, 6.07) is 66.4. The molecule has 247 valence electrons. The van der Waals surface area contributed by atoms with Crippen molar-refractivity contribution in [2.75, 3.05) is 0 Å². The van der Waals surface area contributed by atoms with Crippen LogP contribution in [0.4, 0.5) is 0 Å². The third-order valence-electron chi connectivity index (χ3n) is 9.51. The Morgan fingerprint density at radius 2 is 0.784 bits per heavy atom. The van der Waals surface area contributed by atoms with Gasteiger partial charge in [-0.1, -0.05) is 127 Å². The first kappa shape index (κ1) is 33.8. The van der Waals surface area contributed by atoms with Crippen molar-refractivity contribution in [3.8, 4) is 78.0 Å². The average molecular weight is 831 g/mol. The summed E-state index contributed by atoms with van der Waals surface area (Å²) >= 11 is 0. The zero-order valence-electron chi connectivity index (χ0n) is 28.6. The van der Waals surface area contributed by atoms with Gasteiger partial charge in [-0.3, -0.25) is 0 Å². The molecule has 1 radical (unpaired) electrons. The molecule has 7 aromatic carbocycles. The van der Waals surface area contributed by atoms with Gasteiger partial charge in [0.25, 0.3) is 0 Å². The van der Waals surface area contributed by atoms with E-state index in [1.54, 1.807) is 0 Å². The first-order valence-electron chi connectivity index (χ1n) is 17.1. The first-order chi connectivity index (χ1) is 24.6. The van der Waals surface area contributed by atoms with Crippen LogP contribution in [0, 0.1) is 19.9 Å². The number of aryl methyl sites for hydroxylation is 2. The van der Waals surface area contributed by atoms with Crippen molar-refractivity contribution < 1.29 is 20.1 Å². The van der Waals surface area contributed by atoms with Crippen LogP contribution in [0.3, 0.4) is 0 Å². The van der Waals surface area contributed by atoms with Gasteiger partial charge in [0.1, 0.15) is 0 Å². The van der Waals surface area contributed by atoms with Crippen molar-refractivity contribution in [1.82, 2.24) is 4.98 Å². The van der Waals surface area contributed by atoms with E-state index in [-0.39, 0.29) is 20.1 Å². The maximum atomic E-state index is 4.50. The minimum atomic E-state index is 0. The molecule has 0 atom stereocenters. The first-order valence-corrected chi connectivity index (χ1v) is 17.1. The van der Waals surface area contributed by atoms with Gasteiger partial charge in [0, 0.05) is 26.3 Å². The monoisotopic (exact) mass is 831 g/mol. The Hall–Kier alpha value is -5.66. The number of pyridine rings is 1. The molecule has 51 heavy (non-hydrogen) atoms. The van der Waals surface area contributed by atoms with Gasteiger partial charge in [0.05, 0.1) is 0 Å². The van der Waals surface area contributed by atoms with Crippen LogP contribution < -0.4 is 0 Å². The van der Waals surface area contributed by atoms with E-state index in [1.807, 2.05) is 30.5 Å². The predicted molar refractivity (Wildman–Crippen MR) is 211 cm³/mol. The van der Waals surface area contributed by atoms with Crippen LogP contribution in [-0.2, 0) is 20.1 Å². The molecule has 0 bridgehead atoms. The van der Waals surface area contributed by atoms with Crippen LogP contribution in [-0.4, -0.2) is 4.98 Å². The second-order valence-corrected chi connectivity index (χ2v) is 12.9. The molecule has 0 amide bonds. The Kier molecular flexibility index (Phi) is 9.99. The van der Waals surface area contributed by atoms with E-state index in [2.05, 4.69) is 177 Å². The Bertz CT molecular complexity index is 2420. The van der Waals surface area contributed by atoms with Crippen molar-refractivity contribution in [2.45, 2.75) is 13.8 Å². The van der Waals surface area contributed by atoms with Crippen molar-refractivity contribution in [1.29, 1.82) is 0 Å². The molecule has 0 unspecified atom stereocenters. The van der Waals surface area contributed by atoms with Crippen LogP contribution in [0.5, 0.6) is 0 Å². The molecule has 0 fully saturated rings. The summed E-state index contributed by atoms with van der Waals surface area (Å²) in [7, 11) is 0. The van der Waals surface area contributed by atoms with E-state index < -0.39 is 0 Å². The minimum absolute atomic E-state index is 0. The molecule has 0 aliphatic heterocycles. The topological polar surface area (TPSA) is 12.9 Å². The fourth-order valence-corrected chi connectivity index (χ4v) is 6.93. The second-order valence-electron chi connectivity index (χ2n) is 12.9. The summed E-state index contributed by atoms with van der Waals surface area (Å²) in [6.45, 7) is 4.39. The molecule has 1 aromatic heterocycles. The molecule has 0 aliphatic rings. The van der Waals surface area contributed by atoms with Gasteiger partial charge < -0.3 is 4.98 Å². The molecule has 8 rings (SSSR count). The van der Waals surface area contributed by atoms with Crippen LogP contribution in [0.1, 0.15) is 11.1 Å². The number of hydrogen-bond donors (Lipinski definition) is 0. The minimum Gasteiger partial charge on any atom is -0.305 e. The molecule has 2 heteroatoms. The van der Waals surface area contributed by atoms with E-state index >= 15 is 0 Å². The molecule has 1 heterocycles. The quantitative estimate of drug-likeness (QED) is 0.146. The van der Waals surface area contributed by atoms with Crippen molar-refractivity contribution in [3.05, 3.63) is 199 Å². The fraction of sp³-hybridized carbons (Fsp3) is 0.0408. The fourth-order valence-electron chi connectivity index (χ4n) is 6.93. The zero-order valence-corrected chi connectivity index (χ0v) is 31.0. The molecule has 0 saturated carbocycles. The van der Waals surface area contributed by atoms with Gasteiger partial charge in [-0.15, -0.1) is 35.4 Å². The summed E-state index contributed by atoms with van der Waals surface area (Å²) in [5.74, 6) is 0. The van der Waals surface area contributed by atoms with E-state index in [4.69, 9.17) is 0 Å². The maximum Gasteiger partial charge on any atom is 0.0160 e. The van der Waals surface area contributed by atoms with Crippen LogP contribution in [0.25, 0.3) is 78.0 Å². The molecule has 8 aromatic rings. The molecule has 0 N–H and O–H groups in total. The van der Waals surface area contributed by atoms with Crippen LogP contribution in [0.15, 0.2) is 182 Å². The van der Waals surface area contributed by atoms with Crippen LogP contribution in [0.2, 0.25) is 0 Å². The normalized spacial score (nSPS) is 10.8.